The maximum atomic E-state index is 12.5. The monoisotopic (exact) mass is 397 g/mol. The first-order valence-electron chi connectivity index (χ1n) is 10.3. The number of ketones is 1. The molecule has 0 spiro atoms. The number of hydrogen-bond acceptors (Lipinski definition) is 6. The summed E-state index contributed by atoms with van der Waals surface area (Å²) in [6, 6.07) is 6.97. The Kier molecular flexibility index (Phi) is 5.89. The molecule has 8 heteroatoms. The van der Waals surface area contributed by atoms with Gasteiger partial charge in [0, 0.05) is 44.1 Å². The summed E-state index contributed by atoms with van der Waals surface area (Å²) in [6.45, 7) is 5.89. The first kappa shape index (κ1) is 19.6. The van der Waals surface area contributed by atoms with Crippen LogP contribution in [0.2, 0.25) is 0 Å². The molecule has 2 aliphatic rings. The van der Waals surface area contributed by atoms with Crippen LogP contribution in [0.3, 0.4) is 0 Å². The average molecular weight is 397 g/mol. The van der Waals surface area contributed by atoms with Crippen molar-refractivity contribution in [3.05, 3.63) is 41.5 Å². The summed E-state index contributed by atoms with van der Waals surface area (Å²) in [5.41, 5.74) is 0.666. The van der Waals surface area contributed by atoms with E-state index in [9.17, 15) is 9.59 Å². The smallest absolute Gasteiger partial charge is 0.260 e. The Morgan fingerprint density at radius 3 is 2.62 bits per heavy atom. The Hall–Kier alpha value is -2.74. The second-order valence-electron chi connectivity index (χ2n) is 7.55. The van der Waals surface area contributed by atoms with Crippen molar-refractivity contribution < 1.29 is 14.3 Å². The molecule has 1 aromatic carbocycles. The number of nitrogens with zero attached hydrogens (tertiary/aromatic N) is 4. The SMILES string of the molecule is CCC(=O)c1ccc(OCC(=O)N2CCC(c3nnc4n3CCNC4)CC2)cc1. The highest BCUT2D eigenvalue weighted by Crippen LogP contribution is 2.28. The molecule has 4 rings (SSSR count). The number of aromatic nitrogens is 3. The number of ether oxygens (including phenoxy) is 1. The van der Waals surface area contributed by atoms with Crippen molar-refractivity contribution in [2.24, 2.45) is 0 Å². The van der Waals surface area contributed by atoms with Crippen LogP contribution in [-0.4, -0.2) is 57.6 Å². The highest BCUT2D eigenvalue weighted by molar-refractivity contribution is 5.95. The van der Waals surface area contributed by atoms with Gasteiger partial charge < -0.3 is 19.5 Å². The number of hydrogen-bond donors (Lipinski definition) is 1. The van der Waals surface area contributed by atoms with Gasteiger partial charge >= 0.3 is 0 Å². The summed E-state index contributed by atoms with van der Waals surface area (Å²) in [7, 11) is 0. The van der Waals surface area contributed by atoms with Crippen molar-refractivity contribution in [1.82, 2.24) is 25.0 Å². The van der Waals surface area contributed by atoms with Gasteiger partial charge in [0.2, 0.25) is 0 Å². The van der Waals surface area contributed by atoms with Crippen LogP contribution in [0.15, 0.2) is 24.3 Å². The lowest BCUT2D eigenvalue weighted by Crippen LogP contribution is -2.41. The Bertz CT molecular complexity index is 869. The van der Waals surface area contributed by atoms with Crippen LogP contribution in [0.5, 0.6) is 5.75 Å². The predicted octanol–water partition coefficient (Wildman–Crippen LogP) is 1.76. The van der Waals surface area contributed by atoms with Gasteiger partial charge in [0.25, 0.3) is 5.91 Å². The van der Waals surface area contributed by atoms with Crippen LogP contribution in [0, 0.1) is 0 Å². The van der Waals surface area contributed by atoms with E-state index in [1.54, 1.807) is 24.3 Å². The summed E-state index contributed by atoms with van der Waals surface area (Å²) in [5, 5.41) is 12.0. The summed E-state index contributed by atoms with van der Waals surface area (Å²) in [6.07, 6.45) is 2.26. The highest BCUT2D eigenvalue weighted by Gasteiger charge is 2.28. The molecule has 1 saturated heterocycles. The topological polar surface area (TPSA) is 89.4 Å². The van der Waals surface area contributed by atoms with Gasteiger partial charge in [0.05, 0.1) is 6.54 Å². The van der Waals surface area contributed by atoms with Crippen molar-refractivity contribution in [1.29, 1.82) is 0 Å². The standard InChI is InChI=1S/C21H27N5O3/c1-2-18(27)15-3-5-17(6-4-15)29-14-20(28)25-10-7-16(8-11-25)21-24-23-19-13-22-9-12-26(19)21/h3-6,16,22H,2,7-14H2,1H3. The zero-order chi connectivity index (χ0) is 20.2. The van der Waals surface area contributed by atoms with Gasteiger partial charge in [0.1, 0.15) is 17.4 Å². The molecule has 0 atom stereocenters. The van der Waals surface area contributed by atoms with Crippen LogP contribution < -0.4 is 10.1 Å². The van der Waals surface area contributed by atoms with Crippen molar-refractivity contribution >= 4 is 11.7 Å². The second kappa shape index (κ2) is 8.73. The number of carbonyl (C=O) groups is 2. The van der Waals surface area contributed by atoms with Crippen molar-refractivity contribution in [3.8, 4) is 5.75 Å². The Morgan fingerprint density at radius 2 is 1.90 bits per heavy atom. The number of nitrogens with one attached hydrogen (secondary N) is 1. The number of piperidine rings is 1. The molecule has 1 N–H and O–H groups in total. The zero-order valence-electron chi connectivity index (χ0n) is 16.8. The summed E-state index contributed by atoms with van der Waals surface area (Å²) < 4.78 is 7.86. The largest absolute Gasteiger partial charge is 0.484 e. The minimum absolute atomic E-state index is 0.00960. The Morgan fingerprint density at radius 1 is 1.14 bits per heavy atom. The lowest BCUT2D eigenvalue weighted by Gasteiger charge is -2.32. The van der Waals surface area contributed by atoms with E-state index in [0.29, 0.717) is 36.7 Å². The summed E-state index contributed by atoms with van der Waals surface area (Å²) >= 11 is 0. The van der Waals surface area contributed by atoms with Gasteiger partial charge in [-0.3, -0.25) is 9.59 Å². The fourth-order valence-electron chi connectivity index (χ4n) is 3.98. The average Bonchev–Trinajstić information content (AvgIpc) is 3.21. The summed E-state index contributed by atoms with van der Waals surface area (Å²) in [4.78, 5) is 26.1. The normalized spacial score (nSPS) is 17.1. The zero-order valence-corrected chi connectivity index (χ0v) is 16.8. The molecule has 0 aliphatic carbocycles. The van der Waals surface area contributed by atoms with E-state index < -0.39 is 0 Å². The van der Waals surface area contributed by atoms with Crippen molar-refractivity contribution in [3.63, 3.8) is 0 Å². The number of amides is 1. The number of fused-ring (bicyclic) bond motifs is 1. The van der Waals surface area contributed by atoms with Gasteiger partial charge in [-0.05, 0) is 37.1 Å². The predicted molar refractivity (Wildman–Crippen MR) is 107 cm³/mol. The molecule has 1 amide bonds. The van der Waals surface area contributed by atoms with Gasteiger partial charge in [-0.1, -0.05) is 6.92 Å². The molecule has 1 fully saturated rings. The van der Waals surface area contributed by atoms with E-state index >= 15 is 0 Å². The fraction of sp³-hybridized carbons (Fsp3) is 0.524. The van der Waals surface area contributed by atoms with Crippen LogP contribution in [0.4, 0.5) is 0 Å². The molecule has 0 saturated carbocycles. The molecule has 0 unspecified atom stereocenters. The highest BCUT2D eigenvalue weighted by atomic mass is 16.5. The fourth-order valence-corrected chi connectivity index (χ4v) is 3.98. The van der Waals surface area contributed by atoms with E-state index in [4.69, 9.17) is 4.74 Å². The first-order chi connectivity index (χ1) is 14.2. The minimum Gasteiger partial charge on any atom is -0.484 e. The van der Waals surface area contributed by atoms with Crippen molar-refractivity contribution in [2.45, 2.75) is 45.2 Å². The molecule has 154 valence electrons. The summed E-state index contributed by atoms with van der Waals surface area (Å²) in [5.74, 6) is 3.11. The molecule has 0 bridgehead atoms. The Balaban J connectivity index is 1.27. The second-order valence-corrected chi connectivity index (χ2v) is 7.55. The van der Waals surface area contributed by atoms with Crippen LogP contribution in [0.25, 0.3) is 0 Å². The third-order valence-electron chi connectivity index (χ3n) is 5.72. The minimum atomic E-state index is -0.00960. The maximum Gasteiger partial charge on any atom is 0.260 e. The number of carbonyl (C=O) groups excluding carboxylic acids is 2. The molecular formula is C21H27N5O3. The Labute approximate surface area is 170 Å². The molecule has 3 heterocycles. The van der Waals surface area contributed by atoms with E-state index in [-0.39, 0.29) is 18.3 Å². The third kappa shape index (κ3) is 4.32. The van der Waals surface area contributed by atoms with E-state index in [2.05, 4.69) is 20.1 Å². The third-order valence-corrected chi connectivity index (χ3v) is 5.72. The molecule has 1 aromatic heterocycles. The van der Waals surface area contributed by atoms with Gasteiger partial charge in [-0.25, -0.2) is 0 Å². The van der Waals surface area contributed by atoms with Crippen LogP contribution in [0.1, 0.15) is 54.1 Å². The molecule has 8 nitrogen and oxygen atoms in total. The van der Waals surface area contributed by atoms with E-state index in [0.717, 1.165) is 44.1 Å². The molecule has 2 aliphatic heterocycles. The first-order valence-corrected chi connectivity index (χ1v) is 10.3. The number of likely N-dealkylation sites (tertiary alicyclic amines) is 1. The van der Waals surface area contributed by atoms with Gasteiger partial charge in [0.15, 0.2) is 12.4 Å². The number of rotatable bonds is 6. The number of Topliss-reactive ketones (excluding diaryl/α,β-unsaturated/α-hetero) is 1. The lowest BCUT2D eigenvalue weighted by molar-refractivity contribution is -0.134. The maximum absolute atomic E-state index is 12.5. The quantitative estimate of drug-likeness (QED) is 0.747. The molecule has 0 radical (unpaired) electrons. The van der Waals surface area contributed by atoms with Crippen LogP contribution >= 0.6 is 0 Å². The van der Waals surface area contributed by atoms with Crippen LogP contribution in [-0.2, 0) is 17.9 Å². The molecular weight excluding hydrogens is 370 g/mol. The lowest BCUT2D eigenvalue weighted by atomic mass is 9.95. The van der Waals surface area contributed by atoms with E-state index in [1.807, 2.05) is 11.8 Å². The van der Waals surface area contributed by atoms with Crippen molar-refractivity contribution in [2.75, 3.05) is 26.2 Å². The number of benzene rings is 1. The van der Waals surface area contributed by atoms with E-state index in [1.165, 1.54) is 0 Å². The van der Waals surface area contributed by atoms with Gasteiger partial charge in [-0.15, -0.1) is 10.2 Å². The molecule has 2 aromatic rings. The van der Waals surface area contributed by atoms with Gasteiger partial charge in [-0.2, -0.15) is 0 Å². The molecule has 29 heavy (non-hydrogen) atoms.